The monoisotopic (exact) mass is 272 g/mol. The number of benzene rings is 2. The molecule has 0 aliphatic heterocycles. The van der Waals surface area contributed by atoms with Crippen LogP contribution in [0.25, 0.3) is 0 Å². The molecule has 0 aliphatic carbocycles. The minimum absolute atomic E-state index is 0.165. The summed E-state index contributed by atoms with van der Waals surface area (Å²) in [5, 5.41) is 21.5. The predicted molar refractivity (Wildman–Crippen MR) is 76.5 cm³/mol. The smallest absolute Gasteiger partial charge is 0.252 e. The Hall–Kier alpha value is -2.69. The fourth-order valence-corrected chi connectivity index (χ4v) is 1.99. The molecule has 0 spiro atoms. The van der Waals surface area contributed by atoms with Crippen LogP contribution in [0.1, 0.15) is 28.9 Å². The topological polar surface area (TPSA) is 95.6 Å². The van der Waals surface area contributed by atoms with E-state index in [9.17, 15) is 15.0 Å². The summed E-state index contributed by atoms with van der Waals surface area (Å²) in [5.41, 5.74) is 7.44. The standard InChI is InChI=1S/C15H16N2O3/c1-9(13-4-2-3-5-14(13)16)17-15(20)10-6-11(18)8-12(19)7-10/h2-9,18-19H,16H2,1H3,(H,17,20). The molecule has 104 valence electrons. The van der Waals surface area contributed by atoms with Crippen molar-refractivity contribution in [3.63, 3.8) is 0 Å². The number of aromatic hydroxyl groups is 2. The number of rotatable bonds is 3. The average molecular weight is 272 g/mol. The number of amides is 1. The zero-order chi connectivity index (χ0) is 14.7. The maximum Gasteiger partial charge on any atom is 0.252 e. The van der Waals surface area contributed by atoms with Gasteiger partial charge in [-0.2, -0.15) is 0 Å². The molecule has 5 nitrogen and oxygen atoms in total. The second kappa shape index (κ2) is 5.52. The first-order chi connectivity index (χ1) is 9.47. The third-order valence-corrected chi connectivity index (χ3v) is 2.97. The van der Waals surface area contributed by atoms with Crippen LogP contribution in [0.5, 0.6) is 11.5 Å². The van der Waals surface area contributed by atoms with Crippen LogP contribution in [0.3, 0.4) is 0 Å². The molecule has 0 radical (unpaired) electrons. The number of carbonyl (C=O) groups excluding carboxylic acids is 1. The summed E-state index contributed by atoms with van der Waals surface area (Å²) in [6, 6.07) is 10.7. The minimum atomic E-state index is -0.396. The van der Waals surface area contributed by atoms with Crippen molar-refractivity contribution in [2.45, 2.75) is 13.0 Å². The van der Waals surface area contributed by atoms with E-state index in [1.54, 1.807) is 6.07 Å². The Bertz CT molecular complexity index is 621. The van der Waals surface area contributed by atoms with Gasteiger partial charge in [-0.25, -0.2) is 0 Å². The number of phenolic OH excluding ortho intramolecular Hbond substituents is 2. The highest BCUT2D eigenvalue weighted by Gasteiger charge is 2.14. The summed E-state index contributed by atoms with van der Waals surface area (Å²) < 4.78 is 0. The summed E-state index contributed by atoms with van der Waals surface area (Å²) in [7, 11) is 0. The van der Waals surface area contributed by atoms with E-state index in [4.69, 9.17) is 5.73 Å². The number of para-hydroxylation sites is 1. The van der Waals surface area contributed by atoms with Crippen molar-refractivity contribution in [1.29, 1.82) is 0 Å². The first kappa shape index (κ1) is 13.7. The van der Waals surface area contributed by atoms with E-state index in [-0.39, 0.29) is 23.1 Å². The van der Waals surface area contributed by atoms with Gasteiger partial charge in [-0.15, -0.1) is 0 Å². The number of hydrogen-bond acceptors (Lipinski definition) is 4. The Morgan fingerprint density at radius 2 is 1.75 bits per heavy atom. The Balaban J connectivity index is 2.17. The highest BCUT2D eigenvalue weighted by atomic mass is 16.3. The lowest BCUT2D eigenvalue weighted by atomic mass is 10.1. The van der Waals surface area contributed by atoms with Crippen molar-refractivity contribution < 1.29 is 15.0 Å². The van der Waals surface area contributed by atoms with Crippen molar-refractivity contribution in [2.24, 2.45) is 0 Å². The Morgan fingerprint density at radius 3 is 2.35 bits per heavy atom. The van der Waals surface area contributed by atoms with Crippen LogP contribution in [-0.4, -0.2) is 16.1 Å². The van der Waals surface area contributed by atoms with E-state index >= 15 is 0 Å². The highest BCUT2D eigenvalue weighted by molar-refractivity contribution is 5.95. The highest BCUT2D eigenvalue weighted by Crippen LogP contribution is 2.23. The van der Waals surface area contributed by atoms with Crippen LogP contribution < -0.4 is 11.1 Å². The van der Waals surface area contributed by atoms with E-state index in [1.807, 2.05) is 25.1 Å². The third-order valence-electron chi connectivity index (χ3n) is 2.97. The van der Waals surface area contributed by atoms with E-state index in [1.165, 1.54) is 12.1 Å². The number of hydrogen-bond donors (Lipinski definition) is 4. The van der Waals surface area contributed by atoms with E-state index < -0.39 is 5.91 Å². The lowest BCUT2D eigenvalue weighted by Gasteiger charge is -2.16. The molecule has 1 amide bonds. The molecule has 2 aromatic rings. The Labute approximate surface area is 116 Å². The quantitative estimate of drug-likeness (QED) is 0.644. The number of phenols is 2. The molecular formula is C15H16N2O3. The van der Waals surface area contributed by atoms with Crippen molar-refractivity contribution in [3.8, 4) is 11.5 Å². The van der Waals surface area contributed by atoms with Gasteiger partial charge in [0.1, 0.15) is 11.5 Å². The summed E-state index contributed by atoms with van der Waals surface area (Å²) in [4.78, 5) is 12.1. The maximum absolute atomic E-state index is 12.1. The van der Waals surface area contributed by atoms with Crippen LogP contribution in [0, 0.1) is 0 Å². The zero-order valence-electron chi connectivity index (χ0n) is 11.0. The molecule has 0 aliphatic rings. The summed E-state index contributed by atoms with van der Waals surface area (Å²) in [5.74, 6) is -0.726. The number of nitrogens with two attached hydrogens (primary N) is 1. The van der Waals surface area contributed by atoms with Gasteiger partial charge in [0, 0.05) is 17.3 Å². The number of nitrogens with one attached hydrogen (secondary N) is 1. The van der Waals surface area contributed by atoms with Gasteiger partial charge in [0.25, 0.3) is 5.91 Å². The molecule has 1 unspecified atom stereocenters. The minimum Gasteiger partial charge on any atom is -0.508 e. The summed E-state index contributed by atoms with van der Waals surface area (Å²) in [6.45, 7) is 1.81. The molecule has 20 heavy (non-hydrogen) atoms. The second-order valence-corrected chi connectivity index (χ2v) is 4.56. The Kier molecular flexibility index (Phi) is 3.79. The SMILES string of the molecule is CC(NC(=O)c1cc(O)cc(O)c1)c1ccccc1N. The molecule has 0 saturated heterocycles. The van der Waals surface area contributed by atoms with Gasteiger partial charge in [0.2, 0.25) is 0 Å². The lowest BCUT2D eigenvalue weighted by Crippen LogP contribution is -2.27. The van der Waals surface area contributed by atoms with Gasteiger partial charge in [-0.1, -0.05) is 18.2 Å². The fourth-order valence-electron chi connectivity index (χ4n) is 1.99. The maximum atomic E-state index is 12.1. The molecule has 1 atom stereocenters. The van der Waals surface area contributed by atoms with Crippen LogP contribution in [-0.2, 0) is 0 Å². The van der Waals surface area contributed by atoms with E-state index in [2.05, 4.69) is 5.32 Å². The molecule has 0 saturated carbocycles. The average Bonchev–Trinajstić information content (AvgIpc) is 2.37. The third kappa shape index (κ3) is 3.00. The number of anilines is 1. The molecule has 2 rings (SSSR count). The molecule has 2 aromatic carbocycles. The van der Waals surface area contributed by atoms with Crippen LogP contribution in [0.2, 0.25) is 0 Å². The largest absolute Gasteiger partial charge is 0.508 e. The van der Waals surface area contributed by atoms with Crippen molar-refractivity contribution >= 4 is 11.6 Å². The van der Waals surface area contributed by atoms with Gasteiger partial charge in [-0.3, -0.25) is 4.79 Å². The van der Waals surface area contributed by atoms with E-state index in [0.29, 0.717) is 5.69 Å². The molecule has 0 bridgehead atoms. The van der Waals surface area contributed by atoms with Gasteiger partial charge < -0.3 is 21.3 Å². The first-order valence-electron chi connectivity index (χ1n) is 6.15. The predicted octanol–water partition coefficient (Wildman–Crippen LogP) is 2.17. The normalized spacial score (nSPS) is 11.8. The van der Waals surface area contributed by atoms with E-state index in [0.717, 1.165) is 11.6 Å². The molecule has 5 heteroatoms. The summed E-state index contributed by atoms with van der Waals surface area (Å²) in [6.07, 6.45) is 0. The van der Waals surface area contributed by atoms with Gasteiger partial charge in [0.15, 0.2) is 0 Å². The molecule has 5 N–H and O–H groups in total. The number of nitrogen functional groups attached to an aromatic ring is 1. The van der Waals surface area contributed by atoms with Crippen LogP contribution in [0.4, 0.5) is 5.69 Å². The fraction of sp³-hybridized carbons (Fsp3) is 0.133. The zero-order valence-corrected chi connectivity index (χ0v) is 11.0. The van der Waals surface area contributed by atoms with Gasteiger partial charge in [-0.05, 0) is 30.7 Å². The van der Waals surface area contributed by atoms with Crippen LogP contribution >= 0.6 is 0 Å². The molecule has 0 aromatic heterocycles. The first-order valence-corrected chi connectivity index (χ1v) is 6.15. The van der Waals surface area contributed by atoms with Gasteiger partial charge >= 0.3 is 0 Å². The van der Waals surface area contributed by atoms with Crippen molar-refractivity contribution in [3.05, 3.63) is 53.6 Å². The van der Waals surface area contributed by atoms with Gasteiger partial charge in [0.05, 0.1) is 6.04 Å². The number of carbonyl (C=O) groups is 1. The van der Waals surface area contributed by atoms with Crippen LogP contribution in [0.15, 0.2) is 42.5 Å². The lowest BCUT2D eigenvalue weighted by molar-refractivity contribution is 0.0939. The summed E-state index contributed by atoms with van der Waals surface area (Å²) >= 11 is 0. The second-order valence-electron chi connectivity index (χ2n) is 4.56. The van der Waals surface area contributed by atoms with Crippen molar-refractivity contribution in [1.82, 2.24) is 5.32 Å². The molecule has 0 fully saturated rings. The molecular weight excluding hydrogens is 256 g/mol. The Morgan fingerprint density at radius 1 is 1.15 bits per heavy atom. The molecule has 0 heterocycles. The van der Waals surface area contributed by atoms with Crippen molar-refractivity contribution in [2.75, 3.05) is 5.73 Å².